The molecule has 2 aromatic rings. The summed E-state index contributed by atoms with van der Waals surface area (Å²) in [6.45, 7) is 1.67. The molecule has 0 atom stereocenters. The molecule has 2 N–H and O–H groups in total. The fourth-order valence-corrected chi connectivity index (χ4v) is 2.37. The molecular formula is C20H22N2O5. The zero-order chi connectivity index (χ0) is 19.6. The number of para-hydroxylation sites is 1. The Morgan fingerprint density at radius 3 is 2.44 bits per heavy atom. The van der Waals surface area contributed by atoms with Gasteiger partial charge in [0.1, 0.15) is 18.1 Å². The number of oxime groups is 1. The molecule has 0 heterocycles. The highest BCUT2D eigenvalue weighted by Gasteiger charge is 2.16. The first-order valence-corrected chi connectivity index (χ1v) is 8.50. The summed E-state index contributed by atoms with van der Waals surface area (Å²) in [6.07, 6.45) is 1.07. The van der Waals surface area contributed by atoms with E-state index in [0.29, 0.717) is 29.8 Å². The lowest BCUT2D eigenvalue weighted by atomic mass is 10.1. The van der Waals surface area contributed by atoms with E-state index in [1.165, 1.54) is 0 Å². The van der Waals surface area contributed by atoms with E-state index in [1.807, 2.05) is 6.92 Å². The molecule has 2 rings (SSSR count). The number of carbonyl (C=O) groups is 2. The molecule has 0 bridgehead atoms. The highest BCUT2D eigenvalue weighted by Crippen LogP contribution is 2.17. The van der Waals surface area contributed by atoms with E-state index < -0.39 is 5.97 Å². The Kier molecular flexibility index (Phi) is 7.37. The van der Waals surface area contributed by atoms with Crippen molar-refractivity contribution in [2.75, 3.05) is 19.0 Å². The van der Waals surface area contributed by atoms with Crippen LogP contribution < -0.4 is 10.1 Å². The number of hydrogen-bond donors (Lipinski definition) is 2. The Bertz CT molecular complexity index is 815. The smallest absolute Gasteiger partial charge is 0.340 e. The van der Waals surface area contributed by atoms with Gasteiger partial charge in [-0.25, -0.2) is 4.79 Å². The van der Waals surface area contributed by atoms with Crippen LogP contribution in [0.1, 0.15) is 35.7 Å². The Morgan fingerprint density at radius 1 is 1.11 bits per heavy atom. The molecule has 0 fully saturated rings. The maximum atomic E-state index is 12.4. The molecule has 0 spiro atoms. The second kappa shape index (κ2) is 9.96. The average Bonchev–Trinajstić information content (AvgIpc) is 2.69. The second-order valence-corrected chi connectivity index (χ2v) is 5.70. The number of methoxy groups -OCH3 is 1. The van der Waals surface area contributed by atoms with Crippen molar-refractivity contribution in [3.05, 3.63) is 59.7 Å². The molecule has 7 nitrogen and oxygen atoms in total. The minimum Gasteiger partial charge on any atom is -0.497 e. The number of amides is 1. The third-order valence-electron chi connectivity index (χ3n) is 3.78. The summed E-state index contributed by atoms with van der Waals surface area (Å²) in [7, 11) is 1.55. The van der Waals surface area contributed by atoms with E-state index in [9.17, 15) is 14.8 Å². The fraction of sp³-hybridized carbons (Fsp3) is 0.250. The van der Waals surface area contributed by atoms with Gasteiger partial charge in [-0.1, -0.05) is 24.2 Å². The maximum Gasteiger partial charge on any atom is 0.340 e. The third kappa shape index (κ3) is 5.57. The van der Waals surface area contributed by atoms with E-state index in [2.05, 4.69) is 10.5 Å². The van der Waals surface area contributed by atoms with Crippen molar-refractivity contribution in [1.82, 2.24) is 0 Å². The van der Waals surface area contributed by atoms with Crippen molar-refractivity contribution in [2.45, 2.75) is 19.8 Å². The first-order valence-electron chi connectivity index (χ1n) is 8.50. The Morgan fingerprint density at radius 2 is 1.81 bits per heavy atom. The van der Waals surface area contributed by atoms with Gasteiger partial charge in [0.15, 0.2) is 0 Å². The van der Waals surface area contributed by atoms with Crippen molar-refractivity contribution in [3.63, 3.8) is 0 Å². The topological polar surface area (TPSA) is 97.2 Å². The number of rotatable bonds is 8. The van der Waals surface area contributed by atoms with E-state index >= 15 is 0 Å². The largest absolute Gasteiger partial charge is 0.497 e. The number of esters is 1. The van der Waals surface area contributed by atoms with E-state index in [1.54, 1.807) is 55.6 Å². The van der Waals surface area contributed by atoms with Gasteiger partial charge in [-0.05, 0) is 42.8 Å². The third-order valence-corrected chi connectivity index (χ3v) is 3.78. The lowest BCUT2D eigenvalue weighted by molar-refractivity contribution is -0.116. The SMILES string of the molecule is CCCC(=O)Nc1ccccc1C(=O)OC/C(=N/O)c1ccc(OC)cc1. The average molecular weight is 370 g/mol. The molecule has 0 saturated carbocycles. The lowest BCUT2D eigenvalue weighted by Crippen LogP contribution is -2.18. The van der Waals surface area contributed by atoms with Crippen LogP contribution in [-0.4, -0.2) is 36.5 Å². The van der Waals surface area contributed by atoms with Gasteiger partial charge in [0, 0.05) is 12.0 Å². The van der Waals surface area contributed by atoms with Gasteiger partial charge in [0.05, 0.1) is 18.4 Å². The van der Waals surface area contributed by atoms with Crippen LogP contribution in [0.3, 0.4) is 0 Å². The summed E-state index contributed by atoms with van der Waals surface area (Å²) < 4.78 is 10.3. The Labute approximate surface area is 157 Å². The van der Waals surface area contributed by atoms with Crippen LogP contribution >= 0.6 is 0 Å². The summed E-state index contributed by atoms with van der Waals surface area (Å²) in [5.41, 5.74) is 1.40. The Balaban J connectivity index is 2.07. The molecule has 0 unspecified atom stereocenters. The van der Waals surface area contributed by atoms with Crippen molar-refractivity contribution in [3.8, 4) is 5.75 Å². The lowest BCUT2D eigenvalue weighted by Gasteiger charge is -2.11. The first kappa shape index (κ1) is 20.0. The highest BCUT2D eigenvalue weighted by atomic mass is 16.5. The van der Waals surface area contributed by atoms with Crippen LogP contribution in [0.5, 0.6) is 5.75 Å². The summed E-state index contributed by atoms with van der Waals surface area (Å²) >= 11 is 0. The second-order valence-electron chi connectivity index (χ2n) is 5.70. The van der Waals surface area contributed by atoms with Crippen LogP contribution in [0.25, 0.3) is 0 Å². The van der Waals surface area contributed by atoms with Crippen LogP contribution in [0.4, 0.5) is 5.69 Å². The molecule has 0 aromatic heterocycles. The highest BCUT2D eigenvalue weighted by molar-refractivity contribution is 6.05. The standard InChI is InChI=1S/C20H22N2O5/c1-3-6-19(23)21-17-8-5-4-7-16(17)20(24)27-13-18(22-25)14-9-11-15(26-2)12-10-14/h4-5,7-12,25H,3,6,13H2,1-2H3,(H,21,23)/b22-18-. The summed E-state index contributed by atoms with van der Waals surface area (Å²) in [6, 6.07) is 13.4. The van der Waals surface area contributed by atoms with Gasteiger partial charge in [-0.15, -0.1) is 0 Å². The molecule has 27 heavy (non-hydrogen) atoms. The molecular weight excluding hydrogens is 348 g/mol. The van der Waals surface area contributed by atoms with Crippen LogP contribution in [-0.2, 0) is 9.53 Å². The minimum atomic E-state index is -0.628. The summed E-state index contributed by atoms with van der Waals surface area (Å²) in [5.74, 6) is -0.143. The fourth-order valence-electron chi connectivity index (χ4n) is 2.37. The molecule has 0 radical (unpaired) electrons. The molecule has 0 aliphatic rings. The summed E-state index contributed by atoms with van der Waals surface area (Å²) in [5, 5.41) is 15.1. The van der Waals surface area contributed by atoms with E-state index in [4.69, 9.17) is 9.47 Å². The number of carbonyl (C=O) groups excluding carboxylic acids is 2. The van der Waals surface area contributed by atoms with Gasteiger partial charge < -0.3 is 20.0 Å². The molecule has 0 aliphatic carbocycles. The van der Waals surface area contributed by atoms with Gasteiger partial charge in [0.2, 0.25) is 5.91 Å². The number of hydrogen-bond acceptors (Lipinski definition) is 6. The number of anilines is 1. The number of benzene rings is 2. The maximum absolute atomic E-state index is 12.4. The van der Waals surface area contributed by atoms with E-state index in [0.717, 1.165) is 0 Å². The molecule has 0 saturated heterocycles. The predicted octanol–water partition coefficient (Wildman–Crippen LogP) is 3.47. The summed E-state index contributed by atoms with van der Waals surface area (Å²) in [4.78, 5) is 24.2. The van der Waals surface area contributed by atoms with Crippen LogP contribution in [0.2, 0.25) is 0 Å². The number of ether oxygens (including phenoxy) is 2. The molecule has 2 aromatic carbocycles. The van der Waals surface area contributed by atoms with Crippen LogP contribution in [0.15, 0.2) is 53.7 Å². The normalized spacial score (nSPS) is 11.0. The monoisotopic (exact) mass is 370 g/mol. The molecule has 0 aliphatic heterocycles. The van der Waals surface area contributed by atoms with Crippen molar-refractivity contribution >= 4 is 23.3 Å². The van der Waals surface area contributed by atoms with Gasteiger partial charge in [-0.2, -0.15) is 0 Å². The predicted molar refractivity (Wildman–Crippen MR) is 102 cm³/mol. The number of nitrogens with one attached hydrogen (secondary N) is 1. The quantitative estimate of drug-likeness (QED) is 0.321. The number of nitrogens with zero attached hydrogens (tertiary/aromatic N) is 1. The van der Waals surface area contributed by atoms with Gasteiger partial charge >= 0.3 is 5.97 Å². The van der Waals surface area contributed by atoms with Crippen molar-refractivity contribution < 1.29 is 24.3 Å². The zero-order valence-electron chi connectivity index (χ0n) is 15.3. The van der Waals surface area contributed by atoms with Crippen molar-refractivity contribution in [1.29, 1.82) is 0 Å². The molecule has 1 amide bonds. The first-order chi connectivity index (χ1) is 13.1. The van der Waals surface area contributed by atoms with E-state index in [-0.39, 0.29) is 23.8 Å². The Hall–Kier alpha value is -3.35. The van der Waals surface area contributed by atoms with Crippen molar-refractivity contribution in [2.24, 2.45) is 5.16 Å². The minimum absolute atomic E-state index is 0.173. The van der Waals surface area contributed by atoms with Crippen LogP contribution in [0, 0.1) is 0 Å². The van der Waals surface area contributed by atoms with Gasteiger partial charge in [0.25, 0.3) is 0 Å². The molecule has 7 heteroatoms. The van der Waals surface area contributed by atoms with Gasteiger partial charge in [-0.3, -0.25) is 4.79 Å². The zero-order valence-corrected chi connectivity index (χ0v) is 15.3. The molecule has 142 valence electrons.